The van der Waals surface area contributed by atoms with Crippen LogP contribution in [0.15, 0.2) is 21.5 Å². The van der Waals surface area contributed by atoms with Gasteiger partial charge in [0.15, 0.2) is 0 Å². The highest BCUT2D eigenvalue weighted by Crippen LogP contribution is 2.23. The van der Waals surface area contributed by atoms with Gasteiger partial charge in [0.05, 0.1) is 4.47 Å². The van der Waals surface area contributed by atoms with E-state index in [2.05, 4.69) is 26.0 Å². The van der Waals surface area contributed by atoms with Gasteiger partial charge in [-0.15, -0.1) is 0 Å². The standard InChI is InChI=1S/C11H13BrF2N2O2S/c12-8-4-11(10(14)5-9(8)13)19(17,18)16-7-2-1-3-15-6-7/h4-5,7,15-16H,1-3,6H2. The third-order valence-electron chi connectivity index (χ3n) is 2.88. The van der Waals surface area contributed by atoms with Crippen molar-refractivity contribution in [2.75, 3.05) is 13.1 Å². The highest BCUT2D eigenvalue weighted by atomic mass is 79.9. The van der Waals surface area contributed by atoms with Gasteiger partial charge in [0.1, 0.15) is 16.5 Å². The van der Waals surface area contributed by atoms with Gasteiger partial charge in [-0.25, -0.2) is 21.9 Å². The Bertz CT molecular complexity index is 574. The van der Waals surface area contributed by atoms with Gasteiger partial charge in [0.2, 0.25) is 10.0 Å². The second-order valence-corrected chi connectivity index (χ2v) is 6.90. The van der Waals surface area contributed by atoms with Crippen LogP contribution in [0.4, 0.5) is 8.78 Å². The van der Waals surface area contributed by atoms with E-state index in [1.54, 1.807) is 0 Å². The van der Waals surface area contributed by atoms with Crippen molar-refractivity contribution in [1.82, 2.24) is 10.0 Å². The maximum Gasteiger partial charge on any atom is 0.243 e. The molecule has 0 bridgehead atoms. The second-order valence-electron chi connectivity index (χ2n) is 4.36. The van der Waals surface area contributed by atoms with Crippen LogP contribution >= 0.6 is 15.9 Å². The molecule has 1 aliphatic heterocycles. The lowest BCUT2D eigenvalue weighted by molar-refractivity contribution is 0.427. The Morgan fingerprint density at radius 3 is 2.68 bits per heavy atom. The van der Waals surface area contributed by atoms with Crippen molar-refractivity contribution in [3.8, 4) is 0 Å². The van der Waals surface area contributed by atoms with E-state index < -0.39 is 26.6 Å². The SMILES string of the molecule is O=S(=O)(NC1CCCNC1)c1cc(Br)c(F)cc1F. The molecule has 1 saturated heterocycles. The number of piperidine rings is 1. The molecular formula is C11H13BrF2N2O2S. The summed E-state index contributed by atoms with van der Waals surface area (Å²) in [6.07, 6.45) is 1.54. The van der Waals surface area contributed by atoms with Crippen LogP contribution in [0.25, 0.3) is 0 Å². The average molecular weight is 355 g/mol. The molecule has 1 unspecified atom stereocenters. The molecule has 106 valence electrons. The molecule has 1 fully saturated rings. The van der Waals surface area contributed by atoms with Crippen LogP contribution in [-0.4, -0.2) is 27.5 Å². The topological polar surface area (TPSA) is 58.2 Å². The number of nitrogens with one attached hydrogen (secondary N) is 2. The predicted molar refractivity (Wildman–Crippen MR) is 70.3 cm³/mol. The molecule has 1 aromatic carbocycles. The van der Waals surface area contributed by atoms with Gasteiger partial charge in [0.25, 0.3) is 0 Å². The van der Waals surface area contributed by atoms with E-state index in [9.17, 15) is 17.2 Å². The molecule has 19 heavy (non-hydrogen) atoms. The summed E-state index contributed by atoms with van der Waals surface area (Å²) < 4.78 is 53.1. The smallest absolute Gasteiger partial charge is 0.243 e. The summed E-state index contributed by atoms with van der Waals surface area (Å²) in [6, 6.07) is 1.21. The number of hydrogen-bond donors (Lipinski definition) is 2. The third-order valence-corrected chi connectivity index (χ3v) is 5.03. The van der Waals surface area contributed by atoms with E-state index in [-0.39, 0.29) is 10.5 Å². The summed E-state index contributed by atoms with van der Waals surface area (Å²) >= 11 is 2.85. The predicted octanol–water partition coefficient (Wildman–Crippen LogP) is 1.76. The van der Waals surface area contributed by atoms with Crippen molar-refractivity contribution in [2.24, 2.45) is 0 Å². The number of benzene rings is 1. The lowest BCUT2D eigenvalue weighted by Gasteiger charge is -2.23. The molecule has 8 heteroatoms. The largest absolute Gasteiger partial charge is 0.315 e. The maximum atomic E-state index is 13.6. The molecule has 1 atom stereocenters. The summed E-state index contributed by atoms with van der Waals surface area (Å²) in [5.41, 5.74) is 0. The fourth-order valence-electron chi connectivity index (χ4n) is 1.95. The van der Waals surface area contributed by atoms with Gasteiger partial charge in [0, 0.05) is 18.7 Å². The monoisotopic (exact) mass is 354 g/mol. The molecular weight excluding hydrogens is 342 g/mol. The van der Waals surface area contributed by atoms with Crippen molar-refractivity contribution in [3.63, 3.8) is 0 Å². The Balaban J connectivity index is 2.26. The minimum Gasteiger partial charge on any atom is -0.315 e. The van der Waals surface area contributed by atoms with Gasteiger partial charge >= 0.3 is 0 Å². The van der Waals surface area contributed by atoms with E-state index in [1.807, 2.05) is 0 Å². The molecule has 2 rings (SSSR count). The number of sulfonamides is 1. The minimum absolute atomic E-state index is 0.0870. The maximum absolute atomic E-state index is 13.6. The molecule has 0 spiro atoms. The molecule has 0 aromatic heterocycles. The molecule has 2 N–H and O–H groups in total. The summed E-state index contributed by atoms with van der Waals surface area (Å²) in [6.45, 7) is 1.35. The van der Waals surface area contributed by atoms with Crippen molar-refractivity contribution >= 4 is 26.0 Å². The van der Waals surface area contributed by atoms with Gasteiger partial charge in [-0.3, -0.25) is 0 Å². The van der Waals surface area contributed by atoms with E-state index in [4.69, 9.17) is 0 Å². The zero-order chi connectivity index (χ0) is 14.0. The highest BCUT2D eigenvalue weighted by molar-refractivity contribution is 9.10. The summed E-state index contributed by atoms with van der Waals surface area (Å²) in [5.74, 6) is -1.94. The van der Waals surface area contributed by atoms with Crippen LogP contribution in [0.5, 0.6) is 0 Å². The Labute approximate surface area is 118 Å². The number of halogens is 3. The number of hydrogen-bond acceptors (Lipinski definition) is 3. The van der Waals surface area contributed by atoms with Gasteiger partial charge in [-0.05, 0) is 41.4 Å². The number of rotatable bonds is 3. The van der Waals surface area contributed by atoms with Crippen LogP contribution in [0.3, 0.4) is 0 Å². The fraction of sp³-hybridized carbons (Fsp3) is 0.455. The van der Waals surface area contributed by atoms with E-state index in [1.165, 1.54) is 0 Å². The molecule has 1 heterocycles. The molecule has 0 saturated carbocycles. The van der Waals surface area contributed by atoms with Gasteiger partial charge in [-0.2, -0.15) is 0 Å². The summed E-state index contributed by atoms with van der Waals surface area (Å²) in [4.78, 5) is -0.550. The summed E-state index contributed by atoms with van der Waals surface area (Å²) in [7, 11) is -3.99. The molecule has 4 nitrogen and oxygen atoms in total. The van der Waals surface area contributed by atoms with Crippen LogP contribution in [0.2, 0.25) is 0 Å². The van der Waals surface area contributed by atoms with E-state index in [0.29, 0.717) is 19.0 Å². The van der Waals surface area contributed by atoms with E-state index >= 15 is 0 Å². The Kier molecular flexibility index (Phi) is 4.54. The quantitative estimate of drug-likeness (QED) is 0.813. The zero-order valence-electron chi connectivity index (χ0n) is 9.92. The lowest BCUT2D eigenvalue weighted by atomic mass is 10.1. The van der Waals surface area contributed by atoms with Gasteiger partial charge < -0.3 is 5.32 Å². The zero-order valence-corrected chi connectivity index (χ0v) is 12.3. The van der Waals surface area contributed by atoms with Crippen molar-refractivity contribution in [1.29, 1.82) is 0 Å². The van der Waals surface area contributed by atoms with Crippen LogP contribution in [-0.2, 0) is 10.0 Å². The normalized spacial score (nSPS) is 20.5. The fourth-order valence-corrected chi connectivity index (χ4v) is 3.80. The van der Waals surface area contributed by atoms with Gasteiger partial charge in [-0.1, -0.05) is 0 Å². The minimum atomic E-state index is -3.99. The molecule has 1 aromatic rings. The lowest BCUT2D eigenvalue weighted by Crippen LogP contribution is -2.45. The first-order chi connectivity index (χ1) is 8.90. The first-order valence-electron chi connectivity index (χ1n) is 5.78. The molecule has 0 aliphatic carbocycles. The Hall–Kier alpha value is -0.570. The third kappa shape index (κ3) is 3.50. The van der Waals surface area contributed by atoms with Crippen molar-refractivity contribution < 1.29 is 17.2 Å². The van der Waals surface area contributed by atoms with Crippen LogP contribution in [0, 0.1) is 11.6 Å². The first kappa shape index (κ1) is 14.8. The summed E-state index contributed by atoms with van der Waals surface area (Å²) in [5, 5.41) is 3.05. The Morgan fingerprint density at radius 1 is 1.32 bits per heavy atom. The van der Waals surface area contributed by atoms with Crippen molar-refractivity contribution in [3.05, 3.63) is 28.2 Å². The molecule has 1 aliphatic rings. The molecule has 0 radical (unpaired) electrons. The van der Waals surface area contributed by atoms with E-state index in [0.717, 1.165) is 19.0 Å². The second kappa shape index (κ2) is 5.82. The highest BCUT2D eigenvalue weighted by Gasteiger charge is 2.25. The average Bonchev–Trinajstić information content (AvgIpc) is 2.34. The van der Waals surface area contributed by atoms with Crippen LogP contribution in [0.1, 0.15) is 12.8 Å². The van der Waals surface area contributed by atoms with Crippen LogP contribution < -0.4 is 10.0 Å². The first-order valence-corrected chi connectivity index (χ1v) is 8.05. The molecule has 0 amide bonds. The van der Waals surface area contributed by atoms with Crippen molar-refractivity contribution in [2.45, 2.75) is 23.8 Å². The Morgan fingerprint density at radius 2 is 2.05 bits per heavy atom.